The molecule has 0 aliphatic carbocycles. The molecular weight excluding hydrogens is 408 g/mol. The van der Waals surface area contributed by atoms with E-state index in [1.54, 1.807) is 50.4 Å². The highest BCUT2D eigenvalue weighted by atomic mass is 16.6. The van der Waals surface area contributed by atoms with Gasteiger partial charge in [-0.2, -0.15) is 0 Å². The molecule has 4 aromatic rings. The quantitative estimate of drug-likeness (QED) is 0.314. The fourth-order valence-electron chi connectivity index (χ4n) is 3.11. The second kappa shape index (κ2) is 9.34. The van der Waals surface area contributed by atoms with Crippen molar-refractivity contribution in [2.45, 2.75) is 20.0 Å². The number of carbonyl (C=O) groups is 1. The number of benzene rings is 3. The van der Waals surface area contributed by atoms with Gasteiger partial charge in [0.1, 0.15) is 23.9 Å². The monoisotopic (exact) mass is 430 g/mol. The van der Waals surface area contributed by atoms with E-state index in [-0.39, 0.29) is 24.3 Å². The molecule has 0 atom stereocenters. The zero-order valence-corrected chi connectivity index (χ0v) is 17.8. The predicted molar refractivity (Wildman–Crippen MR) is 120 cm³/mol. The Morgan fingerprint density at radius 3 is 2.47 bits per heavy atom. The van der Waals surface area contributed by atoms with Gasteiger partial charge in [-0.3, -0.25) is 14.2 Å². The Morgan fingerprint density at radius 2 is 1.69 bits per heavy atom. The predicted octanol–water partition coefficient (Wildman–Crippen LogP) is 4.62. The van der Waals surface area contributed by atoms with Crippen LogP contribution in [0.3, 0.4) is 0 Å². The molecule has 0 N–H and O–H groups in total. The summed E-state index contributed by atoms with van der Waals surface area (Å²) in [6.07, 6.45) is 0.212. The van der Waals surface area contributed by atoms with Gasteiger partial charge in [-0.05, 0) is 36.4 Å². The third kappa shape index (κ3) is 4.62. The fraction of sp³-hybridized carbons (Fsp3) is 0.160. The van der Waals surface area contributed by atoms with Gasteiger partial charge in [0, 0.05) is 19.5 Å². The number of hydrogen-bond acceptors (Lipinski definition) is 6. The Bertz CT molecular complexity index is 1320. The van der Waals surface area contributed by atoms with Crippen molar-refractivity contribution in [1.82, 2.24) is 9.55 Å². The summed E-state index contributed by atoms with van der Waals surface area (Å²) in [7, 11) is 1.65. The smallest absolute Gasteiger partial charge is 0.311 e. The van der Waals surface area contributed by atoms with Gasteiger partial charge >= 0.3 is 5.97 Å². The Hall–Kier alpha value is -4.13. The summed E-state index contributed by atoms with van der Waals surface area (Å²) in [5, 5.41) is 0.540. The number of aromatic nitrogens is 2. The molecule has 4 rings (SSSR count). The molecule has 7 heteroatoms. The van der Waals surface area contributed by atoms with Crippen LogP contribution in [0.15, 0.2) is 77.6 Å². The Kier molecular flexibility index (Phi) is 6.17. The third-order valence-corrected chi connectivity index (χ3v) is 4.84. The lowest BCUT2D eigenvalue weighted by atomic mass is 10.2. The molecule has 0 amide bonds. The van der Waals surface area contributed by atoms with Gasteiger partial charge in [0.2, 0.25) is 0 Å². The molecule has 7 nitrogen and oxygen atoms in total. The van der Waals surface area contributed by atoms with Gasteiger partial charge in [0.05, 0.1) is 10.9 Å². The number of fused-ring (bicyclic) bond motifs is 1. The summed E-state index contributed by atoms with van der Waals surface area (Å²) in [6, 6.07) is 21.4. The molecule has 0 saturated heterocycles. The maximum absolute atomic E-state index is 12.6. The molecule has 0 aliphatic heterocycles. The average molecular weight is 430 g/mol. The highest BCUT2D eigenvalue weighted by Gasteiger charge is 2.14. The summed E-state index contributed by atoms with van der Waals surface area (Å²) in [5.74, 6) is 1.78. The van der Waals surface area contributed by atoms with Crippen LogP contribution in [0.25, 0.3) is 10.9 Å². The molecule has 0 unspecified atom stereocenters. The zero-order chi connectivity index (χ0) is 22.5. The van der Waals surface area contributed by atoms with Crippen LogP contribution in [0.5, 0.6) is 23.0 Å². The van der Waals surface area contributed by atoms with E-state index in [4.69, 9.17) is 14.2 Å². The average Bonchev–Trinajstić information content (AvgIpc) is 2.82. The molecule has 0 spiro atoms. The van der Waals surface area contributed by atoms with Crippen molar-refractivity contribution in [2.24, 2.45) is 7.05 Å². The lowest BCUT2D eigenvalue weighted by molar-refractivity contribution is -0.134. The van der Waals surface area contributed by atoms with Crippen molar-refractivity contribution in [3.63, 3.8) is 0 Å². The number of nitrogens with zero attached hydrogens (tertiary/aromatic N) is 2. The maximum Gasteiger partial charge on any atom is 0.311 e. The van der Waals surface area contributed by atoms with E-state index in [0.29, 0.717) is 34.0 Å². The fourth-order valence-corrected chi connectivity index (χ4v) is 3.11. The molecule has 0 saturated carbocycles. The molecule has 0 fully saturated rings. The largest absolute Gasteiger partial charge is 0.482 e. The second-order valence-corrected chi connectivity index (χ2v) is 7.05. The summed E-state index contributed by atoms with van der Waals surface area (Å²) in [5.41, 5.74) is 0.442. The summed E-state index contributed by atoms with van der Waals surface area (Å²) < 4.78 is 18.6. The minimum absolute atomic E-state index is 0.0200. The van der Waals surface area contributed by atoms with E-state index in [2.05, 4.69) is 4.98 Å². The van der Waals surface area contributed by atoms with E-state index in [9.17, 15) is 9.59 Å². The van der Waals surface area contributed by atoms with Gasteiger partial charge in [-0.15, -0.1) is 0 Å². The first-order valence-electron chi connectivity index (χ1n) is 10.2. The second-order valence-electron chi connectivity index (χ2n) is 7.05. The Labute approximate surface area is 184 Å². The first-order chi connectivity index (χ1) is 15.5. The minimum atomic E-state index is -0.400. The molecule has 0 bridgehead atoms. The van der Waals surface area contributed by atoms with Crippen LogP contribution in [0.4, 0.5) is 0 Å². The molecule has 1 aromatic heterocycles. The number of ether oxygens (including phenoxy) is 3. The summed E-state index contributed by atoms with van der Waals surface area (Å²) in [4.78, 5) is 29.1. The van der Waals surface area contributed by atoms with Gasteiger partial charge < -0.3 is 14.2 Å². The van der Waals surface area contributed by atoms with E-state index < -0.39 is 5.97 Å². The van der Waals surface area contributed by atoms with Crippen molar-refractivity contribution in [1.29, 1.82) is 0 Å². The van der Waals surface area contributed by atoms with Crippen LogP contribution in [0, 0.1) is 0 Å². The number of carbonyl (C=O) groups excluding carboxylic acids is 1. The number of rotatable bonds is 7. The first kappa shape index (κ1) is 21.1. The lowest BCUT2D eigenvalue weighted by Crippen LogP contribution is -2.23. The van der Waals surface area contributed by atoms with Crippen molar-refractivity contribution >= 4 is 16.9 Å². The highest BCUT2D eigenvalue weighted by molar-refractivity contribution is 5.77. The Balaban J connectivity index is 1.61. The van der Waals surface area contributed by atoms with Crippen LogP contribution in [0.1, 0.15) is 19.2 Å². The van der Waals surface area contributed by atoms with Crippen LogP contribution >= 0.6 is 0 Å². The first-order valence-corrected chi connectivity index (χ1v) is 10.2. The van der Waals surface area contributed by atoms with Gasteiger partial charge in [0.25, 0.3) is 5.56 Å². The Morgan fingerprint density at radius 1 is 0.938 bits per heavy atom. The molecule has 32 heavy (non-hydrogen) atoms. The highest BCUT2D eigenvalue weighted by Crippen LogP contribution is 2.34. The molecular formula is C25H22N2O5. The summed E-state index contributed by atoms with van der Waals surface area (Å²) in [6.45, 7) is 1.73. The molecule has 162 valence electrons. The van der Waals surface area contributed by atoms with Crippen LogP contribution in [-0.2, 0) is 18.4 Å². The van der Waals surface area contributed by atoms with Gasteiger partial charge in [-0.25, -0.2) is 4.98 Å². The van der Waals surface area contributed by atoms with Gasteiger partial charge in [0.15, 0.2) is 11.5 Å². The standard InChI is InChI=1S/C25H22N2O5/c1-3-24(28)32-22-15-18(31-17-9-5-4-6-10-17)13-14-21(22)30-16-23-26-20-12-8-7-11-19(20)25(29)27(23)2/h4-15H,3,16H2,1-2H3. The molecule has 3 aromatic carbocycles. The van der Waals surface area contributed by atoms with Crippen molar-refractivity contribution < 1.29 is 19.0 Å². The lowest BCUT2D eigenvalue weighted by Gasteiger charge is -2.15. The molecule has 1 heterocycles. The topological polar surface area (TPSA) is 79.7 Å². The molecule has 0 aliphatic rings. The van der Waals surface area contributed by atoms with Crippen molar-refractivity contribution in [3.05, 3.63) is 89.0 Å². The third-order valence-electron chi connectivity index (χ3n) is 4.84. The summed E-state index contributed by atoms with van der Waals surface area (Å²) >= 11 is 0. The van der Waals surface area contributed by atoms with Crippen LogP contribution in [0.2, 0.25) is 0 Å². The minimum Gasteiger partial charge on any atom is -0.482 e. The van der Waals surface area contributed by atoms with E-state index >= 15 is 0 Å². The normalized spacial score (nSPS) is 10.7. The van der Waals surface area contributed by atoms with E-state index in [1.807, 2.05) is 36.4 Å². The van der Waals surface area contributed by atoms with E-state index in [1.165, 1.54) is 4.57 Å². The number of hydrogen-bond donors (Lipinski definition) is 0. The molecule has 0 radical (unpaired) electrons. The van der Waals surface area contributed by atoms with Crippen molar-refractivity contribution in [3.8, 4) is 23.0 Å². The number of esters is 1. The van der Waals surface area contributed by atoms with Gasteiger partial charge in [-0.1, -0.05) is 37.3 Å². The maximum atomic E-state index is 12.6. The van der Waals surface area contributed by atoms with Crippen LogP contribution < -0.4 is 19.8 Å². The SMILES string of the molecule is CCC(=O)Oc1cc(Oc2ccccc2)ccc1OCc1nc2ccccc2c(=O)n1C. The van der Waals surface area contributed by atoms with Crippen LogP contribution in [-0.4, -0.2) is 15.5 Å². The number of para-hydroxylation sites is 2. The zero-order valence-electron chi connectivity index (χ0n) is 17.8. The van der Waals surface area contributed by atoms with E-state index in [0.717, 1.165) is 0 Å². The van der Waals surface area contributed by atoms with Crippen molar-refractivity contribution in [2.75, 3.05) is 0 Å².